The minimum Gasteiger partial charge on any atom is -0.469 e. The minimum atomic E-state index is -0.523. The lowest BCUT2D eigenvalue weighted by Gasteiger charge is -2.39. The van der Waals surface area contributed by atoms with Gasteiger partial charge >= 0.3 is 13.1 Å². The molecule has 0 aromatic carbocycles. The highest BCUT2D eigenvalue weighted by Gasteiger charge is 2.57. The SMILES string of the molecule is CCC1=CC=CC(C(=O)OC)C1(C)B1OCC(C)(C)O1. The van der Waals surface area contributed by atoms with E-state index in [1.54, 1.807) is 0 Å². The fourth-order valence-electron chi connectivity index (χ4n) is 3.04. The number of carbonyl (C=O) groups excluding carboxylic acids is 1. The van der Waals surface area contributed by atoms with E-state index in [0.29, 0.717) is 6.61 Å². The molecule has 0 saturated carbocycles. The van der Waals surface area contributed by atoms with Crippen LogP contribution in [0, 0.1) is 5.92 Å². The maximum absolute atomic E-state index is 12.2. The number of ether oxygens (including phenoxy) is 1. The van der Waals surface area contributed by atoms with Crippen molar-refractivity contribution >= 4 is 13.1 Å². The molecule has 0 radical (unpaired) electrons. The predicted molar refractivity (Wildman–Crippen MR) is 78.3 cm³/mol. The number of allylic oxidation sites excluding steroid dienone is 3. The molecule has 0 aromatic heterocycles. The molecule has 2 unspecified atom stereocenters. The quantitative estimate of drug-likeness (QED) is 0.588. The van der Waals surface area contributed by atoms with Crippen molar-refractivity contribution in [2.75, 3.05) is 13.7 Å². The summed E-state index contributed by atoms with van der Waals surface area (Å²) in [6.07, 6.45) is 6.70. The van der Waals surface area contributed by atoms with Crippen molar-refractivity contribution in [3.8, 4) is 0 Å². The molecule has 0 bridgehead atoms. The van der Waals surface area contributed by atoms with Crippen LogP contribution in [0.5, 0.6) is 0 Å². The summed E-state index contributed by atoms with van der Waals surface area (Å²) in [6, 6.07) is 0. The molecule has 0 spiro atoms. The molecule has 0 N–H and O–H groups in total. The van der Waals surface area contributed by atoms with Gasteiger partial charge in [0, 0.05) is 5.31 Å². The molecule has 1 aliphatic heterocycles. The van der Waals surface area contributed by atoms with Crippen LogP contribution < -0.4 is 0 Å². The van der Waals surface area contributed by atoms with Crippen LogP contribution in [-0.2, 0) is 18.8 Å². The van der Waals surface area contributed by atoms with E-state index >= 15 is 0 Å². The lowest BCUT2D eigenvalue weighted by Crippen LogP contribution is -2.44. The Labute approximate surface area is 121 Å². The first kappa shape index (κ1) is 15.3. The zero-order valence-electron chi connectivity index (χ0n) is 12.9. The van der Waals surface area contributed by atoms with Gasteiger partial charge < -0.3 is 14.0 Å². The number of hydrogen-bond donors (Lipinski definition) is 0. The molecular formula is C15H23BO4. The van der Waals surface area contributed by atoms with Crippen LogP contribution in [0.25, 0.3) is 0 Å². The first-order valence-electron chi connectivity index (χ1n) is 7.10. The summed E-state index contributed by atoms with van der Waals surface area (Å²) >= 11 is 0. The smallest absolute Gasteiger partial charge is 0.469 e. The van der Waals surface area contributed by atoms with E-state index in [9.17, 15) is 4.79 Å². The van der Waals surface area contributed by atoms with Gasteiger partial charge in [-0.25, -0.2) is 0 Å². The molecule has 20 heavy (non-hydrogen) atoms. The van der Waals surface area contributed by atoms with E-state index < -0.39 is 12.4 Å². The molecule has 0 aromatic rings. The Morgan fingerprint density at radius 3 is 2.70 bits per heavy atom. The molecule has 0 amide bonds. The van der Waals surface area contributed by atoms with Crippen LogP contribution in [0.3, 0.4) is 0 Å². The Hall–Kier alpha value is -1.07. The topological polar surface area (TPSA) is 44.8 Å². The monoisotopic (exact) mass is 278 g/mol. The highest BCUT2D eigenvalue weighted by atomic mass is 16.7. The van der Waals surface area contributed by atoms with Crippen molar-refractivity contribution in [3.05, 3.63) is 23.8 Å². The lowest BCUT2D eigenvalue weighted by atomic mass is 9.47. The average molecular weight is 278 g/mol. The van der Waals surface area contributed by atoms with Gasteiger partial charge in [-0.2, -0.15) is 0 Å². The molecule has 2 atom stereocenters. The fraction of sp³-hybridized carbons (Fsp3) is 0.667. The van der Waals surface area contributed by atoms with Gasteiger partial charge in [-0.3, -0.25) is 4.79 Å². The van der Waals surface area contributed by atoms with Gasteiger partial charge in [0.2, 0.25) is 0 Å². The Bertz CT molecular complexity index is 455. The number of carbonyl (C=O) groups is 1. The van der Waals surface area contributed by atoms with Crippen LogP contribution in [0.4, 0.5) is 0 Å². The first-order chi connectivity index (χ1) is 9.35. The Morgan fingerprint density at radius 1 is 1.50 bits per heavy atom. The summed E-state index contributed by atoms with van der Waals surface area (Å²) in [5.74, 6) is -0.633. The van der Waals surface area contributed by atoms with E-state index in [4.69, 9.17) is 14.0 Å². The second-order valence-corrected chi connectivity index (χ2v) is 6.23. The average Bonchev–Trinajstić information content (AvgIpc) is 2.79. The second kappa shape index (κ2) is 5.37. The summed E-state index contributed by atoms with van der Waals surface area (Å²) in [4.78, 5) is 12.2. The zero-order chi connectivity index (χ0) is 15.0. The third-order valence-electron chi connectivity index (χ3n) is 4.27. The van der Waals surface area contributed by atoms with Gasteiger partial charge in [-0.05, 0) is 20.3 Å². The highest BCUT2D eigenvalue weighted by Crippen LogP contribution is 2.52. The fourth-order valence-corrected chi connectivity index (χ4v) is 3.04. The van der Waals surface area contributed by atoms with Crippen molar-refractivity contribution in [2.24, 2.45) is 5.92 Å². The summed E-state index contributed by atoms with van der Waals surface area (Å²) in [5.41, 5.74) is 0.826. The van der Waals surface area contributed by atoms with Gasteiger partial charge in [0.25, 0.3) is 0 Å². The number of methoxy groups -OCH3 is 1. The largest absolute Gasteiger partial charge is 0.469 e. The predicted octanol–water partition coefficient (Wildman–Crippen LogP) is 2.76. The normalized spacial score (nSPS) is 32.1. The van der Waals surface area contributed by atoms with Crippen molar-refractivity contribution in [1.29, 1.82) is 0 Å². The van der Waals surface area contributed by atoms with Crippen LogP contribution in [0.15, 0.2) is 23.8 Å². The van der Waals surface area contributed by atoms with E-state index in [0.717, 1.165) is 12.0 Å². The standard InChI is InChI=1S/C15H23BO4/c1-6-11-8-7-9-12(13(17)18-5)15(11,4)16-19-10-14(2,3)20-16/h7-9,12H,6,10H2,1-5H3. The minimum absolute atomic E-state index is 0.250. The van der Waals surface area contributed by atoms with Crippen LogP contribution in [0.2, 0.25) is 5.31 Å². The zero-order valence-corrected chi connectivity index (χ0v) is 12.9. The highest BCUT2D eigenvalue weighted by molar-refractivity contribution is 6.51. The van der Waals surface area contributed by atoms with E-state index in [-0.39, 0.29) is 17.5 Å². The maximum Gasteiger partial charge on any atom is 0.469 e. The molecule has 1 fully saturated rings. The molecule has 2 rings (SSSR count). The first-order valence-corrected chi connectivity index (χ1v) is 7.10. The summed E-state index contributed by atoms with van der Waals surface area (Å²) < 4.78 is 16.9. The van der Waals surface area contributed by atoms with E-state index in [1.165, 1.54) is 7.11 Å². The second-order valence-electron chi connectivity index (χ2n) is 6.23. The summed E-state index contributed by atoms with van der Waals surface area (Å²) in [6.45, 7) is 8.63. The van der Waals surface area contributed by atoms with Gasteiger partial charge in [-0.1, -0.05) is 37.6 Å². The van der Waals surface area contributed by atoms with Gasteiger partial charge in [-0.15, -0.1) is 0 Å². The molecule has 1 saturated heterocycles. The Kier molecular flexibility index (Phi) is 4.12. The van der Waals surface area contributed by atoms with E-state index in [2.05, 4.69) is 13.0 Å². The summed E-state index contributed by atoms with van der Waals surface area (Å²) in [7, 11) is 0.985. The molecule has 1 aliphatic carbocycles. The van der Waals surface area contributed by atoms with E-state index in [1.807, 2.05) is 32.9 Å². The third kappa shape index (κ3) is 2.45. The number of rotatable bonds is 3. The van der Waals surface area contributed by atoms with Crippen LogP contribution in [-0.4, -0.2) is 32.4 Å². The molecule has 2 aliphatic rings. The van der Waals surface area contributed by atoms with Crippen molar-refractivity contribution < 1.29 is 18.8 Å². The number of esters is 1. The van der Waals surface area contributed by atoms with Crippen LogP contribution in [0.1, 0.15) is 34.1 Å². The molecule has 110 valence electrons. The number of hydrogen-bond acceptors (Lipinski definition) is 4. The van der Waals surface area contributed by atoms with Crippen molar-refractivity contribution in [3.63, 3.8) is 0 Å². The molecule has 4 nitrogen and oxygen atoms in total. The molecule has 5 heteroatoms. The maximum atomic E-state index is 12.2. The Morgan fingerprint density at radius 2 is 2.20 bits per heavy atom. The van der Waals surface area contributed by atoms with Crippen molar-refractivity contribution in [1.82, 2.24) is 0 Å². The Balaban J connectivity index is 2.38. The summed E-state index contributed by atoms with van der Waals surface area (Å²) in [5, 5.41) is -0.523. The third-order valence-corrected chi connectivity index (χ3v) is 4.27. The van der Waals surface area contributed by atoms with Crippen LogP contribution >= 0.6 is 0 Å². The molecule has 1 heterocycles. The molecular weight excluding hydrogens is 255 g/mol. The lowest BCUT2D eigenvalue weighted by molar-refractivity contribution is -0.144. The van der Waals surface area contributed by atoms with Crippen molar-refractivity contribution in [2.45, 2.75) is 45.0 Å². The van der Waals surface area contributed by atoms with Gasteiger partial charge in [0.05, 0.1) is 25.2 Å². The van der Waals surface area contributed by atoms with Gasteiger partial charge in [0.1, 0.15) is 0 Å². The van der Waals surface area contributed by atoms with Gasteiger partial charge in [0.15, 0.2) is 0 Å².